The molecule has 4 heteroatoms. The van der Waals surface area contributed by atoms with Crippen LogP contribution in [-0.2, 0) is 5.54 Å². The number of halogens is 1. The van der Waals surface area contributed by atoms with Gasteiger partial charge in [-0.2, -0.15) is 0 Å². The Bertz CT molecular complexity index is 493. The Hall–Kier alpha value is -0.930. The van der Waals surface area contributed by atoms with Gasteiger partial charge < -0.3 is 14.8 Å². The van der Waals surface area contributed by atoms with Crippen molar-refractivity contribution in [3.05, 3.63) is 22.7 Å². The summed E-state index contributed by atoms with van der Waals surface area (Å²) in [7, 11) is 1.66. The molecule has 0 radical (unpaired) electrons. The number of methoxy groups -OCH3 is 1. The lowest BCUT2D eigenvalue weighted by Crippen LogP contribution is -2.33. The first kappa shape index (κ1) is 14.0. The number of benzene rings is 1. The smallest absolute Gasteiger partial charge is 0.162 e. The van der Waals surface area contributed by atoms with Crippen LogP contribution in [0.2, 0.25) is 5.02 Å². The highest BCUT2D eigenvalue weighted by Crippen LogP contribution is 2.42. The van der Waals surface area contributed by atoms with E-state index in [9.17, 15) is 0 Å². The van der Waals surface area contributed by atoms with Gasteiger partial charge in [-0.3, -0.25) is 0 Å². The van der Waals surface area contributed by atoms with Crippen molar-refractivity contribution >= 4 is 11.6 Å². The third kappa shape index (κ3) is 2.49. The maximum atomic E-state index is 6.46. The molecule has 1 aromatic rings. The second kappa shape index (κ2) is 5.45. The van der Waals surface area contributed by atoms with Crippen LogP contribution < -0.4 is 14.8 Å². The Morgan fingerprint density at radius 1 is 1.25 bits per heavy atom. The first-order valence-corrected chi connectivity index (χ1v) is 7.80. The maximum Gasteiger partial charge on any atom is 0.162 e. The molecule has 1 unspecified atom stereocenters. The third-order valence-electron chi connectivity index (χ3n) is 4.56. The molecule has 3 nitrogen and oxygen atoms in total. The number of ether oxygens (including phenoxy) is 2. The van der Waals surface area contributed by atoms with Crippen molar-refractivity contribution in [3.8, 4) is 11.5 Å². The standard InChI is InChI=1S/C16H22ClNO2/c1-16(7-4-8-18-16)12-9-15(20-11-5-3-6-11)14(19-2)10-13(12)17/h9-11,18H,3-8H2,1-2H3. The van der Waals surface area contributed by atoms with E-state index in [2.05, 4.69) is 18.3 Å². The molecular formula is C16H22ClNO2. The highest BCUT2D eigenvalue weighted by atomic mass is 35.5. The molecule has 1 aliphatic heterocycles. The summed E-state index contributed by atoms with van der Waals surface area (Å²) in [4.78, 5) is 0. The zero-order chi connectivity index (χ0) is 14.2. The Kier molecular flexibility index (Phi) is 3.83. The maximum absolute atomic E-state index is 6.46. The molecule has 1 aromatic carbocycles. The lowest BCUT2D eigenvalue weighted by molar-refractivity contribution is 0.116. The molecule has 2 fully saturated rings. The van der Waals surface area contributed by atoms with E-state index < -0.39 is 0 Å². The average molecular weight is 296 g/mol. The van der Waals surface area contributed by atoms with Gasteiger partial charge in [-0.15, -0.1) is 0 Å². The van der Waals surface area contributed by atoms with Gasteiger partial charge in [-0.25, -0.2) is 0 Å². The summed E-state index contributed by atoms with van der Waals surface area (Å²) in [5.74, 6) is 1.55. The Labute approximate surface area is 125 Å². The van der Waals surface area contributed by atoms with E-state index in [0.717, 1.165) is 47.9 Å². The van der Waals surface area contributed by atoms with Crippen LogP contribution >= 0.6 is 11.6 Å². The predicted molar refractivity (Wildman–Crippen MR) is 80.9 cm³/mol. The minimum Gasteiger partial charge on any atom is -0.493 e. The SMILES string of the molecule is COc1cc(Cl)c(C2(C)CCCN2)cc1OC1CCC1. The van der Waals surface area contributed by atoms with E-state index in [1.54, 1.807) is 7.11 Å². The van der Waals surface area contributed by atoms with Crippen LogP contribution in [0.25, 0.3) is 0 Å². The number of hydrogen-bond acceptors (Lipinski definition) is 3. The van der Waals surface area contributed by atoms with Crippen molar-refractivity contribution in [2.24, 2.45) is 0 Å². The lowest BCUT2D eigenvalue weighted by atomic mass is 9.90. The Morgan fingerprint density at radius 3 is 2.60 bits per heavy atom. The molecule has 0 spiro atoms. The van der Waals surface area contributed by atoms with Gasteiger partial charge in [0.2, 0.25) is 0 Å². The molecule has 1 aliphatic carbocycles. The van der Waals surface area contributed by atoms with Gasteiger partial charge in [0.15, 0.2) is 11.5 Å². The molecule has 20 heavy (non-hydrogen) atoms. The van der Waals surface area contributed by atoms with Crippen molar-refractivity contribution < 1.29 is 9.47 Å². The minimum atomic E-state index is -0.0545. The Balaban J connectivity index is 1.95. The van der Waals surface area contributed by atoms with Crippen LogP contribution in [0.1, 0.15) is 44.6 Å². The van der Waals surface area contributed by atoms with E-state index in [4.69, 9.17) is 21.1 Å². The fourth-order valence-corrected chi connectivity index (χ4v) is 3.36. The van der Waals surface area contributed by atoms with Crippen LogP contribution in [0, 0.1) is 0 Å². The third-order valence-corrected chi connectivity index (χ3v) is 4.88. The van der Waals surface area contributed by atoms with E-state index in [1.165, 1.54) is 12.8 Å². The van der Waals surface area contributed by atoms with Crippen LogP contribution in [-0.4, -0.2) is 19.8 Å². The van der Waals surface area contributed by atoms with Crippen LogP contribution in [0.4, 0.5) is 0 Å². The zero-order valence-electron chi connectivity index (χ0n) is 12.2. The molecule has 1 heterocycles. The minimum absolute atomic E-state index is 0.0545. The van der Waals surface area contributed by atoms with E-state index in [-0.39, 0.29) is 5.54 Å². The second-order valence-electron chi connectivity index (χ2n) is 6.02. The van der Waals surface area contributed by atoms with E-state index >= 15 is 0 Å². The van der Waals surface area contributed by atoms with Gasteiger partial charge >= 0.3 is 0 Å². The molecule has 2 aliphatic rings. The molecule has 1 atom stereocenters. The molecule has 0 amide bonds. The van der Waals surface area contributed by atoms with Gasteiger partial charge in [0.05, 0.1) is 13.2 Å². The summed E-state index contributed by atoms with van der Waals surface area (Å²) in [5, 5.41) is 4.31. The topological polar surface area (TPSA) is 30.5 Å². The molecule has 1 saturated heterocycles. The number of nitrogens with one attached hydrogen (secondary N) is 1. The summed E-state index contributed by atoms with van der Waals surface area (Å²) in [6.45, 7) is 3.25. The average Bonchev–Trinajstić information content (AvgIpc) is 2.82. The molecular weight excluding hydrogens is 274 g/mol. The fraction of sp³-hybridized carbons (Fsp3) is 0.625. The Morgan fingerprint density at radius 2 is 2.05 bits per heavy atom. The van der Waals surface area contributed by atoms with Crippen LogP contribution in [0.3, 0.4) is 0 Å². The second-order valence-corrected chi connectivity index (χ2v) is 6.42. The van der Waals surface area contributed by atoms with Gasteiger partial charge in [-0.05, 0) is 57.2 Å². The van der Waals surface area contributed by atoms with Crippen LogP contribution in [0.5, 0.6) is 11.5 Å². The largest absolute Gasteiger partial charge is 0.493 e. The summed E-state index contributed by atoms with van der Waals surface area (Å²) in [6.07, 6.45) is 6.14. The van der Waals surface area contributed by atoms with E-state index in [0.29, 0.717) is 6.10 Å². The fourth-order valence-electron chi connectivity index (χ4n) is 3.00. The summed E-state index contributed by atoms with van der Waals surface area (Å²) in [6, 6.07) is 3.95. The molecule has 0 aromatic heterocycles. The number of hydrogen-bond donors (Lipinski definition) is 1. The first-order chi connectivity index (χ1) is 9.62. The molecule has 1 saturated carbocycles. The van der Waals surface area contributed by atoms with Crippen molar-refractivity contribution in [2.75, 3.05) is 13.7 Å². The van der Waals surface area contributed by atoms with Crippen molar-refractivity contribution in [2.45, 2.75) is 50.7 Å². The monoisotopic (exact) mass is 295 g/mol. The highest BCUT2D eigenvalue weighted by Gasteiger charge is 2.33. The normalized spacial score (nSPS) is 26.4. The highest BCUT2D eigenvalue weighted by molar-refractivity contribution is 6.31. The zero-order valence-corrected chi connectivity index (χ0v) is 12.9. The van der Waals surface area contributed by atoms with Gasteiger partial charge in [0, 0.05) is 16.6 Å². The summed E-state index contributed by atoms with van der Waals surface area (Å²) in [5.41, 5.74) is 1.06. The summed E-state index contributed by atoms with van der Waals surface area (Å²) >= 11 is 6.46. The molecule has 1 N–H and O–H groups in total. The van der Waals surface area contributed by atoms with Crippen LogP contribution in [0.15, 0.2) is 12.1 Å². The lowest BCUT2D eigenvalue weighted by Gasteiger charge is -2.30. The first-order valence-electron chi connectivity index (χ1n) is 7.42. The van der Waals surface area contributed by atoms with Crippen molar-refractivity contribution in [1.82, 2.24) is 5.32 Å². The quantitative estimate of drug-likeness (QED) is 0.914. The number of rotatable bonds is 4. The van der Waals surface area contributed by atoms with Gasteiger partial charge in [0.1, 0.15) is 0 Å². The van der Waals surface area contributed by atoms with Crippen molar-refractivity contribution in [3.63, 3.8) is 0 Å². The molecule has 0 bridgehead atoms. The van der Waals surface area contributed by atoms with Crippen molar-refractivity contribution in [1.29, 1.82) is 0 Å². The van der Waals surface area contributed by atoms with Gasteiger partial charge in [0.25, 0.3) is 0 Å². The van der Waals surface area contributed by atoms with Gasteiger partial charge in [-0.1, -0.05) is 11.6 Å². The molecule has 110 valence electrons. The summed E-state index contributed by atoms with van der Waals surface area (Å²) < 4.78 is 11.5. The molecule has 3 rings (SSSR count). The van der Waals surface area contributed by atoms with E-state index in [1.807, 2.05) is 6.07 Å². The predicted octanol–water partition coefficient (Wildman–Crippen LogP) is 3.88.